The fourth-order valence-corrected chi connectivity index (χ4v) is 7.60. The van der Waals surface area contributed by atoms with Gasteiger partial charge in [-0.05, 0) is 68.2 Å². The van der Waals surface area contributed by atoms with Crippen molar-refractivity contribution in [3.05, 3.63) is 12.2 Å². The highest BCUT2D eigenvalue weighted by Gasteiger charge is 2.62. The molecule has 5 fully saturated rings. The van der Waals surface area contributed by atoms with E-state index in [9.17, 15) is 19.2 Å². The number of oxime groups is 1. The van der Waals surface area contributed by atoms with E-state index in [0.29, 0.717) is 48.4 Å². The number of carbonyl (C=O) groups excluding carboxylic acids is 2. The Kier molecular flexibility index (Phi) is 7.69. The lowest BCUT2D eigenvalue weighted by Crippen LogP contribution is -2.57. The second-order valence-electron chi connectivity index (χ2n) is 11.6. The van der Waals surface area contributed by atoms with Gasteiger partial charge >= 0.3 is 11.9 Å². The summed E-state index contributed by atoms with van der Waals surface area (Å²) in [4.78, 5) is 50.7. The van der Waals surface area contributed by atoms with Gasteiger partial charge in [-0.1, -0.05) is 19.0 Å². The number of carboxylic acid groups (broad SMARTS) is 2. The summed E-state index contributed by atoms with van der Waals surface area (Å²) in [5, 5.41) is 23.4. The van der Waals surface area contributed by atoms with Crippen LogP contribution in [-0.2, 0) is 24.0 Å². The zero-order chi connectivity index (χ0) is 26.1. The number of carboxylic acids is 2. The standard InChI is InChI=1S/C23H34N2O3.C4H4O4/c1-22-8-5-15(25-28-16-7-10-24-13-16)11-14(22)12-19(26)21-17-3-4-20(27)23(17,2)9-6-18(21)22;5-3(6)1-2-4(7)8/h14,16-18,21,24H,3-13H2,1-2H3;1-2H,(H,5,6)(H,7,8)/b;2-1+/t14?,16-,17-,18-,21-,22-,23-;/m0./s1. The first-order chi connectivity index (χ1) is 17.0. The van der Waals surface area contributed by atoms with Crippen LogP contribution in [0, 0.1) is 34.5 Å². The zero-order valence-electron chi connectivity index (χ0n) is 21.2. The quantitative estimate of drug-likeness (QED) is 0.393. The lowest BCUT2D eigenvalue weighted by molar-refractivity contribution is -0.154. The molecule has 1 saturated heterocycles. The second kappa shape index (κ2) is 10.4. The molecule has 4 saturated carbocycles. The average molecular weight is 503 g/mol. The van der Waals surface area contributed by atoms with Crippen molar-refractivity contribution in [2.24, 2.45) is 39.7 Å². The first-order valence-electron chi connectivity index (χ1n) is 13.2. The molecule has 1 heterocycles. The molecule has 5 aliphatic rings. The Morgan fingerprint density at radius 3 is 2.36 bits per heavy atom. The Balaban J connectivity index is 0.000000331. The summed E-state index contributed by atoms with van der Waals surface area (Å²) in [7, 11) is 0. The van der Waals surface area contributed by atoms with Crippen LogP contribution in [-0.4, -0.2) is 58.6 Å². The largest absolute Gasteiger partial charge is 0.478 e. The molecule has 3 N–H and O–H groups in total. The normalized spacial score (nSPS) is 40.7. The minimum atomic E-state index is -1.26. The third-order valence-corrected chi connectivity index (χ3v) is 9.73. The molecule has 5 rings (SSSR count). The maximum Gasteiger partial charge on any atom is 0.328 e. The number of hydrogen-bond donors (Lipinski definition) is 3. The molecule has 1 aliphatic heterocycles. The predicted octanol–water partition coefficient (Wildman–Crippen LogP) is 3.22. The molecule has 0 aromatic carbocycles. The van der Waals surface area contributed by atoms with Crippen molar-refractivity contribution in [3.63, 3.8) is 0 Å². The van der Waals surface area contributed by atoms with Gasteiger partial charge in [0.15, 0.2) is 0 Å². The number of fused-ring (bicyclic) bond motifs is 5. The van der Waals surface area contributed by atoms with Crippen LogP contribution in [0.15, 0.2) is 17.3 Å². The molecule has 0 radical (unpaired) electrons. The van der Waals surface area contributed by atoms with E-state index in [2.05, 4.69) is 24.3 Å². The van der Waals surface area contributed by atoms with E-state index in [0.717, 1.165) is 63.7 Å². The summed E-state index contributed by atoms with van der Waals surface area (Å²) in [6.45, 7) is 6.47. The monoisotopic (exact) mass is 502 g/mol. The predicted molar refractivity (Wildman–Crippen MR) is 131 cm³/mol. The number of nitrogens with one attached hydrogen (secondary N) is 1. The van der Waals surface area contributed by atoms with Gasteiger partial charge in [0, 0.05) is 49.3 Å². The fraction of sp³-hybridized carbons (Fsp3) is 0.741. The van der Waals surface area contributed by atoms with E-state index in [1.165, 1.54) is 0 Å². The van der Waals surface area contributed by atoms with E-state index in [4.69, 9.17) is 15.1 Å². The van der Waals surface area contributed by atoms with Crippen LogP contribution < -0.4 is 5.32 Å². The highest BCUT2D eigenvalue weighted by Crippen LogP contribution is 2.64. The van der Waals surface area contributed by atoms with Crippen LogP contribution in [0.4, 0.5) is 0 Å². The van der Waals surface area contributed by atoms with Gasteiger partial charge in [-0.2, -0.15) is 0 Å². The van der Waals surface area contributed by atoms with Gasteiger partial charge in [0.1, 0.15) is 17.7 Å². The molecule has 9 nitrogen and oxygen atoms in total. The van der Waals surface area contributed by atoms with Crippen LogP contribution in [0.2, 0.25) is 0 Å². The lowest BCUT2D eigenvalue weighted by atomic mass is 9.45. The Hall–Kier alpha value is -2.55. The van der Waals surface area contributed by atoms with Gasteiger partial charge < -0.3 is 20.4 Å². The fourth-order valence-electron chi connectivity index (χ4n) is 7.60. The van der Waals surface area contributed by atoms with Crippen molar-refractivity contribution < 1.29 is 34.2 Å². The third-order valence-electron chi connectivity index (χ3n) is 9.73. The van der Waals surface area contributed by atoms with Gasteiger partial charge in [-0.25, -0.2) is 9.59 Å². The summed E-state index contributed by atoms with van der Waals surface area (Å²) < 4.78 is 0. The van der Waals surface area contributed by atoms with Crippen LogP contribution in [0.3, 0.4) is 0 Å². The smallest absolute Gasteiger partial charge is 0.328 e. The molecule has 0 spiro atoms. The summed E-state index contributed by atoms with van der Waals surface area (Å²) in [5.74, 6) is -0.430. The molecule has 7 atom stereocenters. The van der Waals surface area contributed by atoms with Crippen LogP contribution >= 0.6 is 0 Å². The summed E-state index contributed by atoms with van der Waals surface area (Å²) in [5.41, 5.74) is 1.13. The number of aliphatic carboxylic acids is 2. The molecule has 0 aromatic heterocycles. The van der Waals surface area contributed by atoms with E-state index < -0.39 is 11.9 Å². The topological polar surface area (TPSA) is 142 Å². The molecule has 0 aromatic rings. The first-order valence-corrected chi connectivity index (χ1v) is 13.2. The zero-order valence-corrected chi connectivity index (χ0v) is 21.2. The molecular formula is C27H38N2O7. The Morgan fingerprint density at radius 2 is 1.72 bits per heavy atom. The second-order valence-corrected chi connectivity index (χ2v) is 11.6. The molecule has 36 heavy (non-hydrogen) atoms. The van der Waals surface area contributed by atoms with Gasteiger partial charge in [-0.15, -0.1) is 0 Å². The number of nitrogens with zero attached hydrogens (tertiary/aromatic N) is 1. The minimum absolute atomic E-state index is 0.116. The number of ketones is 2. The van der Waals surface area contributed by atoms with Gasteiger partial charge in [-0.3, -0.25) is 9.59 Å². The summed E-state index contributed by atoms with van der Waals surface area (Å²) in [6.07, 6.45) is 9.65. The Labute approximate surface area is 211 Å². The van der Waals surface area contributed by atoms with Crippen molar-refractivity contribution >= 4 is 29.2 Å². The van der Waals surface area contributed by atoms with Crippen LogP contribution in [0.1, 0.15) is 71.6 Å². The molecule has 0 bridgehead atoms. The molecule has 0 amide bonds. The molecule has 1 unspecified atom stereocenters. The van der Waals surface area contributed by atoms with Crippen molar-refractivity contribution in [2.45, 2.75) is 77.7 Å². The van der Waals surface area contributed by atoms with Crippen molar-refractivity contribution in [3.8, 4) is 0 Å². The number of hydrogen-bond acceptors (Lipinski definition) is 7. The summed E-state index contributed by atoms with van der Waals surface area (Å²) >= 11 is 0. The Morgan fingerprint density at radius 1 is 1.00 bits per heavy atom. The van der Waals surface area contributed by atoms with Crippen LogP contribution in [0.5, 0.6) is 0 Å². The van der Waals surface area contributed by atoms with E-state index >= 15 is 0 Å². The van der Waals surface area contributed by atoms with Crippen molar-refractivity contribution in [2.75, 3.05) is 13.1 Å². The van der Waals surface area contributed by atoms with Gasteiger partial charge in [0.2, 0.25) is 0 Å². The Bertz CT molecular complexity index is 953. The molecular weight excluding hydrogens is 464 g/mol. The first kappa shape index (κ1) is 26.5. The van der Waals surface area contributed by atoms with E-state index in [-0.39, 0.29) is 28.8 Å². The SMILES string of the molecule is C[C@]12CCC(=NO[C@H]3CCNC3)CC1CC(=O)[C@@H]1[C@@H]2CC[C@]2(C)C(=O)CC[C@@H]12.O=C(O)/C=C/C(=O)O. The third kappa shape index (κ3) is 5.12. The number of rotatable bonds is 4. The van der Waals surface area contributed by atoms with E-state index in [1.807, 2.05) is 0 Å². The number of carbonyl (C=O) groups is 4. The van der Waals surface area contributed by atoms with Crippen molar-refractivity contribution in [1.82, 2.24) is 5.32 Å². The maximum atomic E-state index is 13.3. The molecule has 198 valence electrons. The molecule has 9 heteroatoms. The maximum absolute atomic E-state index is 13.3. The van der Waals surface area contributed by atoms with Crippen LogP contribution in [0.25, 0.3) is 0 Å². The lowest BCUT2D eigenvalue weighted by Gasteiger charge is -2.58. The summed E-state index contributed by atoms with van der Waals surface area (Å²) in [6, 6.07) is 0. The highest BCUT2D eigenvalue weighted by molar-refractivity contribution is 5.92. The highest BCUT2D eigenvalue weighted by atomic mass is 16.6. The van der Waals surface area contributed by atoms with Crippen molar-refractivity contribution in [1.29, 1.82) is 0 Å². The molecule has 4 aliphatic carbocycles. The van der Waals surface area contributed by atoms with E-state index in [1.54, 1.807) is 0 Å². The van der Waals surface area contributed by atoms with Gasteiger partial charge in [0.25, 0.3) is 0 Å². The minimum Gasteiger partial charge on any atom is -0.478 e. The average Bonchev–Trinajstić information content (AvgIpc) is 3.45. The van der Waals surface area contributed by atoms with Gasteiger partial charge in [0.05, 0.1) is 5.71 Å². The number of Topliss-reactive ketones (excluding diaryl/α,β-unsaturated/α-hetero) is 2.